The summed E-state index contributed by atoms with van der Waals surface area (Å²) in [6, 6.07) is 3.49. The van der Waals surface area contributed by atoms with Crippen LogP contribution in [0.1, 0.15) is 17.3 Å². The fraction of sp³-hybridized carbons (Fsp3) is 0.500. The lowest BCUT2D eigenvalue weighted by Gasteiger charge is -2.32. The van der Waals surface area contributed by atoms with Crippen molar-refractivity contribution in [2.45, 2.75) is 13.0 Å². The molecule has 0 aromatic heterocycles. The Morgan fingerprint density at radius 1 is 1.45 bits per heavy atom. The number of aldehydes is 1. The number of likely N-dealkylation sites (N-methyl/N-ethyl adjacent to an activating group) is 1. The van der Waals surface area contributed by atoms with Gasteiger partial charge in [-0.15, -0.1) is 0 Å². The van der Waals surface area contributed by atoms with Gasteiger partial charge in [0.2, 0.25) is 0 Å². The summed E-state index contributed by atoms with van der Waals surface area (Å²) in [7, 11) is 0. The maximum atomic E-state index is 10.8. The maximum absolute atomic E-state index is 10.8. The van der Waals surface area contributed by atoms with Crippen molar-refractivity contribution in [3.8, 4) is 5.75 Å². The molecule has 0 bridgehead atoms. The Morgan fingerprint density at radius 2 is 2.15 bits per heavy atom. The quantitative estimate of drug-likeness (QED) is 0.704. The van der Waals surface area contributed by atoms with Crippen LogP contribution in [0.5, 0.6) is 5.75 Å². The van der Waals surface area contributed by atoms with E-state index in [1.165, 1.54) is 0 Å². The number of hydrogen-bond acceptors (Lipinski definition) is 4. The number of rotatable bonds is 5. The van der Waals surface area contributed by atoms with Crippen molar-refractivity contribution < 1.29 is 14.3 Å². The Hall–Kier alpha value is -0.430. The van der Waals surface area contributed by atoms with Crippen molar-refractivity contribution in [3.05, 3.63) is 26.6 Å². The number of halogens is 2. The van der Waals surface area contributed by atoms with Gasteiger partial charge in [0.1, 0.15) is 24.7 Å². The lowest BCUT2D eigenvalue weighted by Crippen LogP contribution is -2.44. The van der Waals surface area contributed by atoms with Gasteiger partial charge in [-0.25, -0.2) is 0 Å². The number of nitrogens with zero attached hydrogens (tertiary/aromatic N) is 1. The Bertz CT molecular complexity index is 458. The van der Waals surface area contributed by atoms with Gasteiger partial charge in [-0.3, -0.25) is 9.69 Å². The summed E-state index contributed by atoms with van der Waals surface area (Å²) < 4.78 is 13.1. The van der Waals surface area contributed by atoms with Crippen LogP contribution in [0.4, 0.5) is 0 Å². The van der Waals surface area contributed by atoms with Crippen LogP contribution in [0.15, 0.2) is 21.1 Å². The number of benzene rings is 1. The van der Waals surface area contributed by atoms with Gasteiger partial charge in [0, 0.05) is 18.7 Å². The molecule has 1 aromatic carbocycles. The van der Waals surface area contributed by atoms with Gasteiger partial charge >= 0.3 is 0 Å². The summed E-state index contributed by atoms with van der Waals surface area (Å²) in [5.74, 6) is 0.702. The normalized spacial score (nSPS) is 19.9. The highest BCUT2D eigenvalue weighted by molar-refractivity contribution is 9.11. The van der Waals surface area contributed by atoms with Gasteiger partial charge in [0.25, 0.3) is 0 Å². The van der Waals surface area contributed by atoms with Crippen molar-refractivity contribution in [2.75, 3.05) is 32.8 Å². The zero-order valence-corrected chi connectivity index (χ0v) is 14.4. The first-order valence-electron chi connectivity index (χ1n) is 6.55. The standard InChI is InChI=1S/C14H17Br2NO3/c1-2-17-3-4-19-11(7-17)9-20-14-12(15)5-10(8-18)6-13(14)16/h5-6,8,11H,2-4,7,9H2,1H3. The molecule has 1 unspecified atom stereocenters. The van der Waals surface area contributed by atoms with Crippen LogP contribution in [-0.2, 0) is 4.74 Å². The molecular weight excluding hydrogens is 390 g/mol. The smallest absolute Gasteiger partial charge is 0.150 e. The van der Waals surface area contributed by atoms with E-state index in [1.54, 1.807) is 12.1 Å². The van der Waals surface area contributed by atoms with E-state index < -0.39 is 0 Å². The molecule has 20 heavy (non-hydrogen) atoms. The lowest BCUT2D eigenvalue weighted by atomic mass is 10.2. The molecule has 1 fully saturated rings. The van der Waals surface area contributed by atoms with Gasteiger partial charge in [-0.05, 0) is 50.5 Å². The molecule has 1 aliphatic heterocycles. The highest BCUT2D eigenvalue weighted by atomic mass is 79.9. The minimum absolute atomic E-state index is 0.0771. The fourth-order valence-electron chi connectivity index (χ4n) is 2.13. The third-order valence-corrected chi connectivity index (χ3v) is 4.42. The third kappa shape index (κ3) is 4.04. The summed E-state index contributed by atoms with van der Waals surface area (Å²) in [4.78, 5) is 13.1. The van der Waals surface area contributed by atoms with E-state index in [4.69, 9.17) is 9.47 Å². The molecule has 0 aliphatic carbocycles. The first kappa shape index (κ1) is 15.9. The summed E-state index contributed by atoms with van der Waals surface area (Å²) in [6.45, 7) is 6.28. The average molecular weight is 407 g/mol. The van der Waals surface area contributed by atoms with Crippen molar-refractivity contribution >= 4 is 38.1 Å². The molecule has 0 amide bonds. The second-order valence-corrected chi connectivity index (χ2v) is 6.34. The Balaban J connectivity index is 1.98. The van der Waals surface area contributed by atoms with Gasteiger partial charge in [-0.1, -0.05) is 6.92 Å². The van der Waals surface area contributed by atoms with Gasteiger partial charge in [-0.2, -0.15) is 0 Å². The average Bonchev–Trinajstić information content (AvgIpc) is 2.46. The van der Waals surface area contributed by atoms with E-state index >= 15 is 0 Å². The molecule has 0 saturated carbocycles. The topological polar surface area (TPSA) is 38.8 Å². The minimum atomic E-state index is 0.0771. The van der Waals surface area contributed by atoms with Gasteiger partial charge in [0.15, 0.2) is 0 Å². The van der Waals surface area contributed by atoms with Crippen LogP contribution in [0.25, 0.3) is 0 Å². The molecule has 1 aliphatic rings. The molecule has 6 heteroatoms. The maximum Gasteiger partial charge on any atom is 0.150 e. The van der Waals surface area contributed by atoms with E-state index in [9.17, 15) is 4.79 Å². The van der Waals surface area contributed by atoms with E-state index in [0.29, 0.717) is 17.9 Å². The lowest BCUT2D eigenvalue weighted by molar-refractivity contribution is -0.0466. The van der Waals surface area contributed by atoms with Crippen LogP contribution in [0.3, 0.4) is 0 Å². The van der Waals surface area contributed by atoms with E-state index in [2.05, 4.69) is 43.7 Å². The number of ether oxygens (including phenoxy) is 2. The Kier molecular flexibility index (Phi) is 6.01. The second-order valence-electron chi connectivity index (χ2n) is 4.63. The monoisotopic (exact) mass is 405 g/mol. The molecule has 1 atom stereocenters. The fourth-order valence-corrected chi connectivity index (χ4v) is 3.58. The molecule has 0 N–H and O–H groups in total. The van der Waals surface area contributed by atoms with Crippen LogP contribution in [-0.4, -0.2) is 50.1 Å². The minimum Gasteiger partial charge on any atom is -0.488 e. The Labute approximate surface area is 135 Å². The molecule has 1 aromatic rings. The second kappa shape index (κ2) is 7.54. The first-order valence-corrected chi connectivity index (χ1v) is 8.13. The SMILES string of the molecule is CCN1CCOC(COc2c(Br)cc(C=O)cc2Br)C1. The van der Waals surface area contributed by atoms with Crippen LogP contribution in [0, 0.1) is 0 Å². The predicted molar refractivity (Wildman–Crippen MR) is 84.6 cm³/mol. The van der Waals surface area contributed by atoms with Gasteiger partial charge < -0.3 is 9.47 Å². The molecule has 4 nitrogen and oxygen atoms in total. The van der Waals surface area contributed by atoms with E-state index in [1.807, 2.05) is 0 Å². The molecule has 0 radical (unpaired) electrons. The molecule has 1 heterocycles. The highest BCUT2D eigenvalue weighted by Gasteiger charge is 2.20. The zero-order valence-electron chi connectivity index (χ0n) is 11.3. The Morgan fingerprint density at radius 3 is 2.75 bits per heavy atom. The van der Waals surface area contributed by atoms with Crippen molar-refractivity contribution in [3.63, 3.8) is 0 Å². The number of carbonyl (C=O) groups excluding carboxylic acids is 1. The largest absolute Gasteiger partial charge is 0.488 e. The molecule has 110 valence electrons. The summed E-state index contributed by atoms with van der Waals surface area (Å²) >= 11 is 6.85. The van der Waals surface area contributed by atoms with E-state index in [-0.39, 0.29) is 6.10 Å². The summed E-state index contributed by atoms with van der Waals surface area (Å²) in [5.41, 5.74) is 0.599. The van der Waals surface area contributed by atoms with Crippen LogP contribution < -0.4 is 4.74 Å². The van der Waals surface area contributed by atoms with Gasteiger partial charge in [0.05, 0.1) is 15.6 Å². The number of carbonyl (C=O) groups is 1. The zero-order chi connectivity index (χ0) is 14.5. The summed E-state index contributed by atoms with van der Waals surface area (Å²) in [5, 5.41) is 0. The molecule has 1 saturated heterocycles. The van der Waals surface area contributed by atoms with Crippen LogP contribution in [0.2, 0.25) is 0 Å². The molecular formula is C14H17Br2NO3. The molecule has 2 rings (SSSR count). The highest BCUT2D eigenvalue weighted by Crippen LogP contribution is 2.34. The molecule has 0 spiro atoms. The van der Waals surface area contributed by atoms with E-state index in [0.717, 1.165) is 41.5 Å². The number of hydrogen-bond donors (Lipinski definition) is 0. The van der Waals surface area contributed by atoms with Crippen molar-refractivity contribution in [1.29, 1.82) is 0 Å². The van der Waals surface area contributed by atoms with Crippen LogP contribution >= 0.6 is 31.9 Å². The van der Waals surface area contributed by atoms with Crippen molar-refractivity contribution in [1.82, 2.24) is 4.90 Å². The van der Waals surface area contributed by atoms with Crippen molar-refractivity contribution in [2.24, 2.45) is 0 Å². The summed E-state index contributed by atoms with van der Waals surface area (Å²) in [6.07, 6.45) is 0.885. The third-order valence-electron chi connectivity index (χ3n) is 3.24. The first-order chi connectivity index (χ1) is 9.63. The predicted octanol–water partition coefficient (Wildman–Crippen LogP) is 3.12. The number of morpholine rings is 1.